The fraction of sp³-hybridized carbons (Fsp3) is 0.462. The highest BCUT2D eigenvalue weighted by Crippen LogP contribution is 2.37. The van der Waals surface area contributed by atoms with Crippen molar-refractivity contribution in [2.24, 2.45) is 0 Å². The zero-order valence-electron chi connectivity index (χ0n) is 20.5. The van der Waals surface area contributed by atoms with E-state index in [1.54, 1.807) is 10.6 Å². The molecule has 2 amide bonds. The van der Waals surface area contributed by atoms with Crippen molar-refractivity contribution in [1.82, 2.24) is 14.5 Å². The van der Waals surface area contributed by atoms with Gasteiger partial charge in [-0.05, 0) is 61.3 Å². The van der Waals surface area contributed by atoms with Gasteiger partial charge in [0.2, 0.25) is 21.8 Å². The number of nitrogens with zero attached hydrogens (tertiary/aromatic N) is 2. The van der Waals surface area contributed by atoms with Crippen LogP contribution in [0.25, 0.3) is 21.7 Å². The van der Waals surface area contributed by atoms with Crippen LogP contribution in [0.1, 0.15) is 37.2 Å². The number of sulfonamides is 1. The second-order valence-corrected chi connectivity index (χ2v) is 11.7. The molecule has 1 aromatic heterocycles. The summed E-state index contributed by atoms with van der Waals surface area (Å²) in [6.45, 7) is 2.37. The molecule has 2 saturated heterocycles. The molecule has 1 unspecified atom stereocenters. The van der Waals surface area contributed by atoms with E-state index in [1.165, 1.54) is 6.26 Å². The smallest absolute Gasteiger partial charge is 0.234 e. The van der Waals surface area contributed by atoms with Crippen molar-refractivity contribution >= 4 is 43.6 Å². The lowest BCUT2D eigenvalue weighted by Gasteiger charge is -2.35. The molecule has 3 heterocycles. The van der Waals surface area contributed by atoms with Crippen molar-refractivity contribution in [2.75, 3.05) is 39.5 Å². The maximum Gasteiger partial charge on any atom is 0.234 e. The van der Waals surface area contributed by atoms with Gasteiger partial charge in [0.25, 0.3) is 0 Å². The second-order valence-electron chi connectivity index (χ2n) is 9.74. The highest BCUT2D eigenvalue weighted by atomic mass is 32.2. The molecule has 5 rings (SSSR count). The van der Waals surface area contributed by atoms with E-state index in [9.17, 15) is 18.0 Å². The molecule has 2 aliphatic heterocycles. The van der Waals surface area contributed by atoms with Crippen LogP contribution in [-0.4, -0.2) is 75.0 Å². The van der Waals surface area contributed by atoms with E-state index in [-0.39, 0.29) is 11.8 Å². The van der Waals surface area contributed by atoms with Gasteiger partial charge in [-0.15, -0.1) is 0 Å². The Balaban J connectivity index is 1.25. The van der Waals surface area contributed by atoms with Crippen LogP contribution in [-0.2, 0) is 19.6 Å². The molecule has 0 radical (unpaired) electrons. The van der Waals surface area contributed by atoms with Gasteiger partial charge in [0.1, 0.15) is 17.9 Å². The highest BCUT2D eigenvalue weighted by molar-refractivity contribution is 7.88. The third-order valence-electron chi connectivity index (χ3n) is 7.40. The van der Waals surface area contributed by atoms with Crippen molar-refractivity contribution in [3.8, 4) is 5.75 Å². The maximum absolute atomic E-state index is 12.5. The molecule has 10 heteroatoms. The van der Waals surface area contributed by atoms with E-state index in [0.29, 0.717) is 44.2 Å². The third kappa shape index (κ3) is 4.98. The van der Waals surface area contributed by atoms with Gasteiger partial charge in [0.15, 0.2) is 0 Å². The topological polar surface area (TPSA) is 109 Å². The number of hydrogen-bond donors (Lipinski definition) is 1. The molecule has 2 aromatic carbocycles. The minimum Gasteiger partial charge on any atom is -0.492 e. The van der Waals surface area contributed by atoms with Crippen molar-refractivity contribution < 1.29 is 27.2 Å². The van der Waals surface area contributed by atoms with E-state index >= 15 is 0 Å². The average molecular weight is 514 g/mol. The lowest BCUT2D eigenvalue weighted by molar-refractivity contribution is -0.134. The number of imide groups is 1. The predicted octanol–water partition coefficient (Wildman–Crippen LogP) is 2.84. The van der Waals surface area contributed by atoms with Gasteiger partial charge in [0, 0.05) is 43.0 Å². The summed E-state index contributed by atoms with van der Waals surface area (Å²) in [6, 6.07) is 10.1. The molecule has 36 heavy (non-hydrogen) atoms. The lowest BCUT2D eigenvalue weighted by Crippen LogP contribution is -2.46. The minimum atomic E-state index is -3.12. The zero-order valence-corrected chi connectivity index (χ0v) is 21.3. The Morgan fingerprint density at radius 1 is 1.14 bits per heavy atom. The molecular weight excluding hydrogens is 482 g/mol. The first-order valence-electron chi connectivity index (χ1n) is 12.3. The number of nitrogens with one attached hydrogen (secondary N) is 1. The number of hydrogen-bond acceptors (Lipinski definition) is 7. The Bertz CT molecular complexity index is 1410. The number of carbonyl (C=O) groups is 2. The summed E-state index contributed by atoms with van der Waals surface area (Å²) in [5.41, 5.74) is 1.51. The molecule has 9 nitrogen and oxygen atoms in total. The first-order valence-corrected chi connectivity index (χ1v) is 14.1. The summed E-state index contributed by atoms with van der Waals surface area (Å²) < 4.78 is 36.8. The molecule has 3 aromatic rings. The van der Waals surface area contributed by atoms with Gasteiger partial charge in [-0.3, -0.25) is 19.8 Å². The Morgan fingerprint density at radius 2 is 1.92 bits per heavy atom. The number of benzene rings is 2. The van der Waals surface area contributed by atoms with Crippen molar-refractivity contribution in [3.63, 3.8) is 0 Å². The van der Waals surface area contributed by atoms with Gasteiger partial charge in [-0.25, -0.2) is 12.7 Å². The molecule has 0 saturated carbocycles. The quantitative estimate of drug-likeness (QED) is 0.484. The van der Waals surface area contributed by atoms with Crippen LogP contribution >= 0.6 is 0 Å². The largest absolute Gasteiger partial charge is 0.492 e. The standard InChI is InChI=1S/C26H31N3O6S/c1-28(18-9-11-29(12-10-18)36(2,32)33)13-14-34-19-4-5-20-17(15-19)3-7-23-25(20)22(16-35-23)21-6-8-24(30)27-26(21)31/h3-5,7,15-16,18,21H,6,8-14H2,1-2H3,(H,27,30,31). The van der Waals surface area contributed by atoms with Crippen molar-refractivity contribution in [1.29, 1.82) is 0 Å². The van der Waals surface area contributed by atoms with Crippen molar-refractivity contribution in [2.45, 2.75) is 37.6 Å². The molecule has 0 aliphatic carbocycles. The monoisotopic (exact) mass is 513 g/mol. The molecule has 2 fully saturated rings. The Hall–Kier alpha value is -2.95. The van der Waals surface area contributed by atoms with Gasteiger partial charge in [-0.1, -0.05) is 6.07 Å². The van der Waals surface area contributed by atoms with E-state index in [1.807, 2.05) is 30.3 Å². The minimum absolute atomic E-state index is 0.235. The van der Waals surface area contributed by atoms with Crippen LogP contribution in [0.5, 0.6) is 5.75 Å². The van der Waals surface area contributed by atoms with Gasteiger partial charge in [0.05, 0.1) is 18.4 Å². The van der Waals surface area contributed by atoms with Crippen LogP contribution < -0.4 is 10.1 Å². The molecular formula is C26H31N3O6S. The summed E-state index contributed by atoms with van der Waals surface area (Å²) in [5, 5.41) is 5.29. The molecule has 192 valence electrons. The Kier molecular flexibility index (Phi) is 6.76. The number of ether oxygens (including phenoxy) is 1. The fourth-order valence-corrected chi connectivity index (χ4v) is 6.18. The first kappa shape index (κ1) is 24.7. The summed E-state index contributed by atoms with van der Waals surface area (Å²) in [5.74, 6) is -0.170. The normalized spacial score (nSPS) is 20.4. The molecule has 0 spiro atoms. The van der Waals surface area contributed by atoms with Crippen molar-refractivity contribution in [3.05, 3.63) is 42.2 Å². The molecule has 1 N–H and O–H groups in total. The van der Waals surface area contributed by atoms with Gasteiger partial charge >= 0.3 is 0 Å². The number of fused-ring (bicyclic) bond motifs is 3. The number of amides is 2. The first-order chi connectivity index (χ1) is 17.2. The summed E-state index contributed by atoms with van der Waals surface area (Å²) >= 11 is 0. The van der Waals surface area contributed by atoms with Crippen LogP contribution in [0.2, 0.25) is 0 Å². The Labute approximate surface area is 210 Å². The highest BCUT2D eigenvalue weighted by Gasteiger charge is 2.31. The van der Waals surface area contributed by atoms with E-state index in [2.05, 4.69) is 17.3 Å². The van der Waals surface area contributed by atoms with E-state index in [0.717, 1.165) is 46.9 Å². The van der Waals surface area contributed by atoms with Gasteiger partial charge in [-0.2, -0.15) is 0 Å². The number of rotatable bonds is 7. The van der Waals surface area contributed by atoms with E-state index < -0.39 is 15.9 Å². The lowest BCUT2D eigenvalue weighted by atomic mass is 9.89. The third-order valence-corrected chi connectivity index (χ3v) is 8.70. The van der Waals surface area contributed by atoms with Gasteiger partial charge < -0.3 is 9.15 Å². The summed E-state index contributed by atoms with van der Waals surface area (Å²) in [6.07, 6.45) is 5.31. The second kappa shape index (κ2) is 9.84. The fourth-order valence-electron chi connectivity index (χ4n) is 5.31. The summed E-state index contributed by atoms with van der Waals surface area (Å²) in [4.78, 5) is 26.3. The van der Waals surface area contributed by atoms with Crippen LogP contribution in [0, 0.1) is 0 Å². The maximum atomic E-state index is 12.5. The Morgan fingerprint density at radius 3 is 2.64 bits per heavy atom. The molecule has 2 aliphatic rings. The van der Waals surface area contributed by atoms with Crippen LogP contribution in [0.4, 0.5) is 0 Å². The number of piperidine rings is 2. The summed E-state index contributed by atoms with van der Waals surface area (Å²) in [7, 11) is -1.07. The van der Waals surface area contributed by atoms with E-state index in [4.69, 9.17) is 9.15 Å². The molecule has 0 bridgehead atoms. The van der Waals surface area contributed by atoms with Crippen LogP contribution in [0.15, 0.2) is 41.0 Å². The SMILES string of the molecule is CN(CCOc1ccc2c(ccc3occ(C4CCC(=O)NC4=O)c32)c1)C1CCN(S(C)(=O)=O)CC1. The predicted molar refractivity (Wildman–Crippen MR) is 136 cm³/mol. The molecule has 1 atom stereocenters. The number of furan rings is 1. The number of carbonyl (C=O) groups excluding carboxylic acids is 2. The average Bonchev–Trinajstić information content (AvgIpc) is 3.28. The number of likely N-dealkylation sites (N-methyl/N-ethyl adjacent to an activating group) is 1. The zero-order chi connectivity index (χ0) is 25.4. The van der Waals surface area contributed by atoms with Crippen LogP contribution in [0.3, 0.4) is 0 Å².